The van der Waals surface area contributed by atoms with Gasteiger partial charge in [-0.2, -0.15) is 0 Å². The Hall–Kier alpha value is -2.78. The second-order valence-corrected chi connectivity index (χ2v) is 8.02. The van der Waals surface area contributed by atoms with Crippen molar-refractivity contribution >= 4 is 44.9 Å². The van der Waals surface area contributed by atoms with E-state index in [-0.39, 0.29) is 22.0 Å². The van der Waals surface area contributed by atoms with Gasteiger partial charge >= 0.3 is 5.97 Å². The number of halogens is 1. The van der Waals surface area contributed by atoms with Crippen LogP contribution in [0.25, 0.3) is 0 Å². The van der Waals surface area contributed by atoms with Gasteiger partial charge < -0.3 is 14.8 Å². The molecule has 0 heterocycles. The molecule has 0 aliphatic carbocycles. The number of benzene rings is 2. The fourth-order valence-corrected chi connectivity index (χ4v) is 3.41. The monoisotopic (exact) mass is 426 g/mol. The third-order valence-electron chi connectivity index (χ3n) is 3.68. The van der Waals surface area contributed by atoms with Gasteiger partial charge in [0.15, 0.2) is 0 Å². The van der Waals surface area contributed by atoms with Gasteiger partial charge in [-0.3, -0.25) is 9.10 Å². The number of anilines is 2. The van der Waals surface area contributed by atoms with Gasteiger partial charge in [0, 0.05) is 11.8 Å². The van der Waals surface area contributed by atoms with Gasteiger partial charge in [-0.1, -0.05) is 17.7 Å². The number of amides is 1. The molecule has 0 aliphatic rings. The first-order valence-corrected chi connectivity index (χ1v) is 10.2. The van der Waals surface area contributed by atoms with Crippen molar-refractivity contribution in [2.45, 2.75) is 0 Å². The summed E-state index contributed by atoms with van der Waals surface area (Å²) >= 11 is 5.95. The molecule has 1 amide bonds. The van der Waals surface area contributed by atoms with Crippen LogP contribution in [0.5, 0.6) is 5.75 Å². The maximum Gasteiger partial charge on any atom is 0.339 e. The van der Waals surface area contributed by atoms with Crippen LogP contribution >= 0.6 is 11.6 Å². The van der Waals surface area contributed by atoms with E-state index in [2.05, 4.69) is 10.1 Å². The summed E-state index contributed by atoms with van der Waals surface area (Å²) in [5.74, 6) is -0.811. The first-order chi connectivity index (χ1) is 13.2. The molecule has 2 aromatic rings. The summed E-state index contributed by atoms with van der Waals surface area (Å²) in [6.45, 7) is -0.470. The van der Waals surface area contributed by atoms with Gasteiger partial charge in [0.1, 0.15) is 12.3 Å². The summed E-state index contributed by atoms with van der Waals surface area (Å²) in [7, 11) is -1.08. The number of hydrogen-bond donors (Lipinski definition) is 1. The predicted octanol–water partition coefficient (Wildman–Crippen LogP) is 2.54. The second-order valence-electron chi connectivity index (χ2n) is 5.71. The largest absolute Gasteiger partial charge is 0.497 e. The Bertz CT molecular complexity index is 993. The van der Waals surface area contributed by atoms with Crippen LogP contribution in [0.2, 0.25) is 5.02 Å². The lowest BCUT2D eigenvalue weighted by Crippen LogP contribution is -2.37. The number of carbonyl (C=O) groups excluding carboxylic acids is 2. The van der Waals surface area contributed by atoms with Crippen molar-refractivity contribution in [1.82, 2.24) is 0 Å². The smallest absolute Gasteiger partial charge is 0.339 e. The van der Waals surface area contributed by atoms with E-state index in [1.165, 1.54) is 38.5 Å². The minimum absolute atomic E-state index is 0.0785. The number of ether oxygens (including phenoxy) is 2. The lowest BCUT2D eigenvalue weighted by Gasteiger charge is -2.22. The molecule has 2 aromatic carbocycles. The highest BCUT2D eigenvalue weighted by atomic mass is 35.5. The van der Waals surface area contributed by atoms with Crippen molar-refractivity contribution in [1.29, 1.82) is 0 Å². The number of nitrogens with zero attached hydrogens (tertiary/aromatic N) is 1. The molecule has 0 aromatic heterocycles. The predicted molar refractivity (Wildman–Crippen MR) is 107 cm³/mol. The third kappa shape index (κ3) is 5.37. The number of hydrogen-bond acceptors (Lipinski definition) is 6. The van der Waals surface area contributed by atoms with E-state index in [0.29, 0.717) is 5.75 Å². The van der Waals surface area contributed by atoms with Crippen LogP contribution in [-0.4, -0.2) is 47.3 Å². The SMILES string of the molecule is COC(=O)c1cc(NC(=O)CN(c2cccc(OC)c2)S(C)(=O)=O)ccc1Cl. The number of esters is 1. The Morgan fingerprint density at radius 1 is 1.14 bits per heavy atom. The number of sulfonamides is 1. The van der Waals surface area contributed by atoms with Crippen molar-refractivity contribution in [3.63, 3.8) is 0 Å². The summed E-state index contributed by atoms with van der Waals surface area (Å²) in [6.07, 6.45) is 0.997. The Balaban J connectivity index is 2.24. The lowest BCUT2D eigenvalue weighted by molar-refractivity contribution is -0.114. The van der Waals surface area contributed by atoms with Crippen molar-refractivity contribution in [2.75, 3.05) is 36.6 Å². The van der Waals surface area contributed by atoms with Crippen molar-refractivity contribution in [3.05, 3.63) is 53.1 Å². The van der Waals surface area contributed by atoms with Crippen LogP contribution in [0.15, 0.2) is 42.5 Å². The van der Waals surface area contributed by atoms with Crippen LogP contribution in [0.3, 0.4) is 0 Å². The molecule has 0 atom stereocenters. The Morgan fingerprint density at radius 3 is 2.46 bits per heavy atom. The Kier molecular flexibility index (Phi) is 6.87. The highest BCUT2D eigenvalue weighted by Crippen LogP contribution is 2.24. The van der Waals surface area contributed by atoms with Crippen LogP contribution in [0.1, 0.15) is 10.4 Å². The van der Waals surface area contributed by atoms with Gasteiger partial charge in [0.05, 0.1) is 36.7 Å². The molecule has 0 spiro atoms. The minimum Gasteiger partial charge on any atom is -0.497 e. The molecule has 28 heavy (non-hydrogen) atoms. The van der Waals surface area contributed by atoms with Gasteiger partial charge in [-0.15, -0.1) is 0 Å². The highest BCUT2D eigenvalue weighted by molar-refractivity contribution is 7.92. The van der Waals surface area contributed by atoms with E-state index in [1.807, 2.05) is 0 Å². The number of nitrogens with one attached hydrogen (secondary N) is 1. The molecule has 0 saturated heterocycles. The lowest BCUT2D eigenvalue weighted by atomic mass is 10.2. The molecule has 0 aliphatic heterocycles. The van der Waals surface area contributed by atoms with E-state index >= 15 is 0 Å². The molecule has 0 saturated carbocycles. The molecular formula is C18H19ClN2O6S. The van der Waals surface area contributed by atoms with Crippen LogP contribution in [-0.2, 0) is 19.6 Å². The van der Waals surface area contributed by atoms with E-state index in [0.717, 1.165) is 10.6 Å². The summed E-state index contributed by atoms with van der Waals surface area (Å²) < 4.78 is 35.0. The van der Waals surface area contributed by atoms with Gasteiger partial charge in [0.2, 0.25) is 15.9 Å². The summed E-state index contributed by atoms with van der Waals surface area (Å²) in [4.78, 5) is 24.1. The zero-order valence-corrected chi connectivity index (χ0v) is 17.0. The summed E-state index contributed by atoms with van der Waals surface area (Å²) in [6, 6.07) is 10.6. The molecule has 0 radical (unpaired) electrons. The third-order valence-corrected chi connectivity index (χ3v) is 5.15. The second kappa shape index (κ2) is 8.94. The molecular weight excluding hydrogens is 408 g/mol. The normalized spacial score (nSPS) is 10.9. The average molecular weight is 427 g/mol. The van der Waals surface area contributed by atoms with Gasteiger partial charge in [-0.25, -0.2) is 13.2 Å². The van der Waals surface area contributed by atoms with Crippen LogP contribution in [0.4, 0.5) is 11.4 Å². The molecule has 10 heteroatoms. The summed E-state index contributed by atoms with van der Waals surface area (Å²) in [5.41, 5.74) is 0.631. The molecule has 0 fully saturated rings. The van der Waals surface area contributed by atoms with Gasteiger partial charge in [-0.05, 0) is 30.3 Å². The number of methoxy groups -OCH3 is 2. The van der Waals surface area contributed by atoms with Crippen LogP contribution in [0, 0.1) is 0 Å². The maximum absolute atomic E-state index is 12.4. The van der Waals surface area contributed by atoms with Crippen molar-refractivity contribution < 1.29 is 27.5 Å². The number of carbonyl (C=O) groups is 2. The topological polar surface area (TPSA) is 102 Å². The molecule has 1 N–H and O–H groups in total. The zero-order chi connectivity index (χ0) is 20.9. The maximum atomic E-state index is 12.4. The fraction of sp³-hybridized carbons (Fsp3) is 0.222. The molecule has 0 unspecified atom stereocenters. The summed E-state index contributed by atoms with van der Waals surface area (Å²) in [5, 5.41) is 2.71. The van der Waals surface area contributed by atoms with Crippen molar-refractivity contribution in [3.8, 4) is 5.75 Å². The standard InChI is InChI=1S/C18H19ClN2O6S/c1-26-14-6-4-5-13(10-14)21(28(3,24)25)11-17(22)20-12-7-8-16(19)15(9-12)18(23)27-2/h4-10H,11H2,1-3H3,(H,20,22). The quantitative estimate of drug-likeness (QED) is 0.682. The Morgan fingerprint density at radius 2 is 1.86 bits per heavy atom. The van der Waals surface area contributed by atoms with Gasteiger partial charge in [0.25, 0.3) is 0 Å². The van der Waals surface area contributed by atoms with E-state index in [4.69, 9.17) is 16.3 Å². The number of rotatable bonds is 7. The zero-order valence-electron chi connectivity index (χ0n) is 15.4. The first kappa shape index (κ1) is 21.5. The first-order valence-electron chi connectivity index (χ1n) is 7.95. The molecule has 8 nitrogen and oxygen atoms in total. The van der Waals surface area contributed by atoms with E-state index < -0.39 is 28.4 Å². The molecule has 150 valence electrons. The highest BCUT2D eigenvalue weighted by Gasteiger charge is 2.22. The van der Waals surface area contributed by atoms with Crippen LogP contribution < -0.4 is 14.4 Å². The Labute approximate surface area is 168 Å². The molecule has 0 bridgehead atoms. The molecule has 2 rings (SSSR count). The van der Waals surface area contributed by atoms with E-state index in [1.54, 1.807) is 18.2 Å². The fourth-order valence-electron chi connectivity index (χ4n) is 2.37. The van der Waals surface area contributed by atoms with Crippen molar-refractivity contribution in [2.24, 2.45) is 0 Å². The van der Waals surface area contributed by atoms with E-state index in [9.17, 15) is 18.0 Å². The average Bonchev–Trinajstić information content (AvgIpc) is 2.66. The minimum atomic E-state index is -3.74.